The Morgan fingerprint density at radius 1 is 1.25 bits per heavy atom. The fraction of sp³-hybridized carbons (Fsp3) is 0.500. The molecular formula is C12H16FNO4S2. The normalized spacial score (nSPS) is 17.9. The van der Waals surface area contributed by atoms with E-state index in [2.05, 4.69) is 0 Å². The number of halogens is 1. The summed E-state index contributed by atoms with van der Waals surface area (Å²) in [6.07, 6.45) is 0. The molecule has 5 nitrogen and oxygen atoms in total. The molecule has 2 rings (SSSR count). The van der Waals surface area contributed by atoms with E-state index in [9.17, 15) is 21.2 Å². The molecule has 1 saturated heterocycles. The first-order chi connectivity index (χ1) is 9.18. The molecule has 0 bridgehead atoms. The Labute approximate surface area is 118 Å². The second kappa shape index (κ2) is 5.09. The molecule has 0 unspecified atom stereocenters. The Hall–Kier alpha value is -0.990. The molecule has 1 aromatic rings. The van der Waals surface area contributed by atoms with Crippen molar-refractivity contribution in [1.82, 2.24) is 4.31 Å². The third kappa shape index (κ3) is 2.59. The predicted octanol–water partition coefficient (Wildman–Crippen LogP) is 0.942. The van der Waals surface area contributed by atoms with Gasteiger partial charge in [-0.15, -0.1) is 0 Å². The lowest BCUT2D eigenvalue weighted by atomic mass is 10.2. The Morgan fingerprint density at radius 2 is 1.85 bits per heavy atom. The summed E-state index contributed by atoms with van der Waals surface area (Å²) in [7, 11) is -6.96. The molecule has 0 aliphatic carbocycles. The van der Waals surface area contributed by atoms with Crippen LogP contribution in [0.2, 0.25) is 0 Å². The van der Waals surface area contributed by atoms with E-state index in [0.29, 0.717) is 0 Å². The summed E-state index contributed by atoms with van der Waals surface area (Å²) in [4.78, 5) is -0.0104. The number of hydrogen-bond donors (Lipinski definition) is 0. The maximum atomic E-state index is 13.2. The first-order valence-corrected chi connectivity index (χ1v) is 9.32. The van der Waals surface area contributed by atoms with Crippen molar-refractivity contribution < 1.29 is 21.2 Å². The summed E-state index contributed by atoms with van der Waals surface area (Å²) in [5.74, 6) is -0.472. The molecule has 0 spiro atoms. The summed E-state index contributed by atoms with van der Waals surface area (Å²) >= 11 is 0. The lowest BCUT2D eigenvalue weighted by Crippen LogP contribution is -2.57. The summed E-state index contributed by atoms with van der Waals surface area (Å²) < 4.78 is 62.0. The Morgan fingerprint density at radius 3 is 2.35 bits per heavy atom. The highest BCUT2D eigenvalue weighted by Crippen LogP contribution is 2.26. The number of sulfonamides is 1. The smallest absolute Gasteiger partial charge is 0.228 e. The lowest BCUT2D eigenvalue weighted by molar-refractivity contribution is 0.310. The minimum Gasteiger partial charge on any atom is -0.228 e. The Balaban J connectivity index is 2.20. The fourth-order valence-electron chi connectivity index (χ4n) is 1.99. The van der Waals surface area contributed by atoms with Crippen molar-refractivity contribution in [3.05, 3.63) is 29.6 Å². The molecule has 0 amide bonds. The molecule has 1 aromatic carbocycles. The van der Waals surface area contributed by atoms with E-state index in [1.807, 2.05) is 0 Å². The van der Waals surface area contributed by atoms with Crippen molar-refractivity contribution in [3.8, 4) is 0 Å². The van der Waals surface area contributed by atoms with E-state index in [1.165, 1.54) is 26.0 Å². The summed E-state index contributed by atoms with van der Waals surface area (Å²) in [6, 6.07) is 3.55. The molecular weight excluding hydrogens is 305 g/mol. The highest BCUT2D eigenvalue weighted by Gasteiger charge is 2.42. The van der Waals surface area contributed by atoms with Gasteiger partial charge in [-0.25, -0.2) is 21.2 Å². The zero-order chi connectivity index (χ0) is 15.1. The predicted molar refractivity (Wildman–Crippen MR) is 73.1 cm³/mol. The van der Waals surface area contributed by atoms with Crippen molar-refractivity contribution >= 4 is 19.9 Å². The van der Waals surface area contributed by atoms with E-state index in [0.717, 1.165) is 10.4 Å². The second-order valence-corrected chi connectivity index (χ2v) is 9.31. The van der Waals surface area contributed by atoms with Gasteiger partial charge in [0.2, 0.25) is 10.0 Å². The number of aryl methyl sites for hydroxylation is 1. The summed E-state index contributed by atoms with van der Waals surface area (Å²) in [6.45, 7) is 2.95. The van der Waals surface area contributed by atoms with Crippen LogP contribution in [0.25, 0.3) is 0 Å². The zero-order valence-electron chi connectivity index (χ0n) is 11.2. The topological polar surface area (TPSA) is 71.5 Å². The third-order valence-corrected chi connectivity index (χ3v) is 7.44. The summed E-state index contributed by atoms with van der Waals surface area (Å²) in [5.41, 5.74) is 0.240. The quantitative estimate of drug-likeness (QED) is 0.827. The average molecular weight is 321 g/mol. The number of rotatable bonds is 4. The van der Waals surface area contributed by atoms with Crippen LogP contribution in [0.5, 0.6) is 0 Å². The van der Waals surface area contributed by atoms with E-state index in [4.69, 9.17) is 0 Å². The molecule has 1 fully saturated rings. The molecule has 1 aliphatic rings. The monoisotopic (exact) mass is 321 g/mol. The molecule has 0 atom stereocenters. The zero-order valence-corrected chi connectivity index (χ0v) is 12.8. The average Bonchev–Trinajstić information content (AvgIpc) is 2.29. The van der Waals surface area contributed by atoms with Crippen LogP contribution in [-0.2, 0) is 19.9 Å². The SMILES string of the molecule is CCS(=O)(=O)C1CN(S(=O)(=O)c2ccc(F)c(C)c2)C1. The number of sulfone groups is 1. The van der Waals surface area contributed by atoms with Crippen LogP contribution in [0.4, 0.5) is 4.39 Å². The lowest BCUT2D eigenvalue weighted by Gasteiger charge is -2.37. The van der Waals surface area contributed by atoms with Crippen LogP contribution in [-0.4, -0.2) is 45.2 Å². The first kappa shape index (κ1) is 15.4. The van der Waals surface area contributed by atoms with Crippen molar-refractivity contribution in [3.63, 3.8) is 0 Å². The maximum Gasteiger partial charge on any atom is 0.243 e. The van der Waals surface area contributed by atoms with Crippen LogP contribution in [0.3, 0.4) is 0 Å². The second-order valence-electron chi connectivity index (χ2n) is 4.81. The van der Waals surface area contributed by atoms with Crippen LogP contribution in [0.1, 0.15) is 12.5 Å². The van der Waals surface area contributed by atoms with Gasteiger partial charge in [-0.2, -0.15) is 4.31 Å². The van der Waals surface area contributed by atoms with E-state index < -0.39 is 30.9 Å². The minimum absolute atomic E-state index is 0.00120. The largest absolute Gasteiger partial charge is 0.243 e. The van der Waals surface area contributed by atoms with E-state index in [1.54, 1.807) is 0 Å². The fourth-order valence-corrected chi connectivity index (χ4v) is 5.08. The molecule has 0 N–H and O–H groups in total. The van der Waals surface area contributed by atoms with Gasteiger partial charge in [-0.1, -0.05) is 6.92 Å². The van der Waals surface area contributed by atoms with Crippen LogP contribution in [0, 0.1) is 12.7 Å². The molecule has 0 saturated carbocycles. The molecule has 1 heterocycles. The molecule has 0 aromatic heterocycles. The molecule has 0 radical (unpaired) electrons. The number of benzene rings is 1. The van der Waals surface area contributed by atoms with Gasteiger partial charge in [0, 0.05) is 18.8 Å². The van der Waals surface area contributed by atoms with Crippen molar-refractivity contribution in [2.45, 2.75) is 24.0 Å². The van der Waals surface area contributed by atoms with E-state index in [-0.39, 0.29) is 29.3 Å². The van der Waals surface area contributed by atoms with Gasteiger partial charge in [0.05, 0.1) is 10.1 Å². The van der Waals surface area contributed by atoms with Crippen molar-refractivity contribution in [2.75, 3.05) is 18.8 Å². The molecule has 112 valence electrons. The van der Waals surface area contributed by atoms with Crippen LogP contribution >= 0.6 is 0 Å². The van der Waals surface area contributed by atoms with Gasteiger partial charge in [0.25, 0.3) is 0 Å². The van der Waals surface area contributed by atoms with E-state index >= 15 is 0 Å². The van der Waals surface area contributed by atoms with Crippen LogP contribution in [0.15, 0.2) is 23.1 Å². The molecule has 1 aliphatic heterocycles. The number of nitrogens with zero attached hydrogens (tertiary/aromatic N) is 1. The Bertz CT molecular complexity index is 722. The van der Waals surface area contributed by atoms with Crippen molar-refractivity contribution in [2.24, 2.45) is 0 Å². The van der Waals surface area contributed by atoms with Gasteiger partial charge < -0.3 is 0 Å². The Kier molecular flexibility index (Phi) is 3.92. The molecule has 8 heteroatoms. The van der Waals surface area contributed by atoms with Gasteiger partial charge in [-0.05, 0) is 30.7 Å². The number of hydrogen-bond acceptors (Lipinski definition) is 4. The van der Waals surface area contributed by atoms with Gasteiger partial charge >= 0.3 is 0 Å². The summed E-state index contributed by atoms with van der Waals surface area (Å²) in [5, 5.41) is -0.635. The highest BCUT2D eigenvalue weighted by atomic mass is 32.2. The standard InChI is InChI=1S/C12H16FNO4S2/c1-3-19(15,16)11-7-14(8-11)20(17,18)10-4-5-12(13)9(2)6-10/h4-6,11H,3,7-8H2,1-2H3. The van der Waals surface area contributed by atoms with Crippen molar-refractivity contribution in [1.29, 1.82) is 0 Å². The first-order valence-electron chi connectivity index (χ1n) is 6.16. The minimum atomic E-state index is -3.74. The molecule has 20 heavy (non-hydrogen) atoms. The van der Waals surface area contributed by atoms with Gasteiger partial charge in [-0.3, -0.25) is 0 Å². The highest BCUT2D eigenvalue weighted by molar-refractivity contribution is 7.92. The third-order valence-electron chi connectivity index (χ3n) is 3.49. The maximum absolute atomic E-state index is 13.2. The van der Waals surface area contributed by atoms with Crippen LogP contribution < -0.4 is 0 Å². The van der Waals surface area contributed by atoms with Gasteiger partial charge in [0.1, 0.15) is 5.82 Å². The van der Waals surface area contributed by atoms with Gasteiger partial charge in [0.15, 0.2) is 9.84 Å².